The first-order valence-corrected chi connectivity index (χ1v) is 6.58. The highest BCUT2D eigenvalue weighted by Crippen LogP contribution is 2.12. The largest absolute Gasteiger partial charge is 0.294 e. The van der Waals surface area contributed by atoms with Crippen molar-refractivity contribution in [3.8, 4) is 0 Å². The number of hydrogen-bond acceptors (Lipinski definition) is 2. The van der Waals surface area contributed by atoms with Crippen LogP contribution in [0.4, 0.5) is 0 Å². The second-order valence-corrected chi connectivity index (χ2v) is 5.26. The number of carbonyl (C=O) groups excluding carboxylic acids is 1. The average Bonchev–Trinajstić information content (AvgIpc) is 2.71. The number of hydrogen-bond donors (Lipinski definition) is 0. The first-order chi connectivity index (χ1) is 7.25. The number of halogens is 1. The van der Waals surface area contributed by atoms with Gasteiger partial charge in [-0.3, -0.25) is 4.79 Å². The van der Waals surface area contributed by atoms with Crippen molar-refractivity contribution in [1.82, 2.24) is 0 Å². The highest BCUT2D eigenvalue weighted by Gasteiger charge is 2.06. The average molecular weight is 328 g/mol. The van der Waals surface area contributed by atoms with Crippen molar-refractivity contribution >= 4 is 39.7 Å². The molecule has 0 N–H and O–H groups in total. The summed E-state index contributed by atoms with van der Waals surface area (Å²) in [5.41, 5.74) is 1.89. The van der Waals surface area contributed by atoms with Crippen LogP contribution in [0.1, 0.15) is 15.9 Å². The van der Waals surface area contributed by atoms with Crippen LogP contribution in [0.5, 0.6) is 0 Å². The molecule has 0 saturated carbocycles. The third kappa shape index (κ3) is 2.89. The minimum atomic E-state index is 0.185. The first-order valence-electron chi connectivity index (χ1n) is 4.55. The van der Waals surface area contributed by atoms with Crippen LogP contribution >= 0.6 is 33.9 Å². The predicted octanol–water partition coefficient (Wildman–Crippen LogP) is 3.78. The third-order valence-corrected chi connectivity index (χ3v) is 3.56. The zero-order chi connectivity index (χ0) is 10.7. The number of carbonyl (C=O) groups is 1. The van der Waals surface area contributed by atoms with E-state index in [1.165, 1.54) is 0 Å². The summed E-state index contributed by atoms with van der Waals surface area (Å²) in [5, 5.41) is 4.02. The van der Waals surface area contributed by atoms with E-state index in [-0.39, 0.29) is 5.78 Å². The molecule has 0 fully saturated rings. The molecule has 0 aliphatic heterocycles. The summed E-state index contributed by atoms with van der Waals surface area (Å²) in [6.07, 6.45) is 0.504. The van der Waals surface area contributed by atoms with Gasteiger partial charge < -0.3 is 0 Å². The molecule has 0 aliphatic carbocycles. The Morgan fingerprint density at radius 2 is 1.93 bits per heavy atom. The second kappa shape index (κ2) is 4.90. The van der Waals surface area contributed by atoms with Gasteiger partial charge in [-0.2, -0.15) is 11.3 Å². The SMILES string of the molecule is O=C(Cc1ccsc1)c1ccc(I)cc1. The summed E-state index contributed by atoms with van der Waals surface area (Å²) < 4.78 is 1.15. The van der Waals surface area contributed by atoms with Crippen LogP contribution < -0.4 is 0 Å². The monoisotopic (exact) mass is 328 g/mol. The predicted molar refractivity (Wildman–Crippen MR) is 71.5 cm³/mol. The highest BCUT2D eigenvalue weighted by atomic mass is 127. The van der Waals surface area contributed by atoms with E-state index >= 15 is 0 Å². The lowest BCUT2D eigenvalue weighted by Gasteiger charge is -1.99. The number of rotatable bonds is 3. The Balaban J connectivity index is 2.11. The second-order valence-electron chi connectivity index (χ2n) is 3.24. The fraction of sp³-hybridized carbons (Fsp3) is 0.0833. The van der Waals surface area contributed by atoms with Crippen molar-refractivity contribution in [2.45, 2.75) is 6.42 Å². The summed E-state index contributed by atoms with van der Waals surface area (Å²) in [7, 11) is 0. The molecule has 0 amide bonds. The third-order valence-electron chi connectivity index (χ3n) is 2.11. The van der Waals surface area contributed by atoms with Crippen LogP contribution in [-0.4, -0.2) is 5.78 Å². The van der Waals surface area contributed by atoms with Crippen LogP contribution in [0.15, 0.2) is 41.1 Å². The van der Waals surface area contributed by atoms with Crippen LogP contribution in [0.2, 0.25) is 0 Å². The van der Waals surface area contributed by atoms with Gasteiger partial charge >= 0.3 is 0 Å². The van der Waals surface area contributed by atoms with Crippen molar-refractivity contribution in [3.63, 3.8) is 0 Å². The van der Waals surface area contributed by atoms with Gasteiger partial charge in [-0.1, -0.05) is 12.1 Å². The minimum Gasteiger partial charge on any atom is -0.294 e. The number of ketones is 1. The van der Waals surface area contributed by atoms with E-state index in [4.69, 9.17) is 0 Å². The molecule has 0 radical (unpaired) electrons. The lowest BCUT2D eigenvalue weighted by Crippen LogP contribution is -2.02. The summed E-state index contributed by atoms with van der Waals surface area (Å²) in [6, 6.07) is 9.69. The molecule has 15 heavy (non-hydrogen) atoms. The van der Waals surface area contributed by atoms with E-state index in [9.17, 15) is 4.79 Å². The highest BCUT2D eigenvalue weighted by molar-refractivity contribution is 14.1. The van der Waals surface area contributed by atoms with Crippen LogP contribution in [0, 0.1) is 3.57 Å². The van der Waals surface area contributed by atoms with Gasteiger partial charge in [-0.15, -0.1) is 0 Å². The van der Waals surface area contributed by atoms with Crippen molar-refractivity contribution in [2.75, 3.05) is 0 Å². The van der Waals surface area contributed by atoms with E-state index in [0.29, 0.717) is 6.42 Å². The molecule has 2 rings (SSSR count). The molecule has 2 aromatic rings. The standard InChI is InChI=1S/C12H9IOS/c13-11-3-1-10(2-4-11)12(14)7-9-5-6-15-8-9/h1-6,8H,7H2. The van der Waals surface area contributed by atoms with Crippen LogP contribution in [0.3, 0.4) is 0 Å². The Morgan fingerprint density at radius 3 is 2.53 bits per heavy atom. The van der Waals surface area contributed by atoms with Gasteiger partial charge in [0.05, 0.1) is 0 Å². The molecule has 1 heterocycles. The van der Waals surface area contributed by atoms with Crippen molar-refractivity contribution in [1.29, 1.82) is 0 Å². The van der Waals surface area contributed by atoms with Crippen molar-refractivity contribution < 1.29 is 4.79 Å². The molecule has 3 heteroatoms. The fourth-order valence-corrected chi connectivity index (χ4v) is 2.34. The van der Waals surface area contributed by atoms with E-state index in [1.54, 1.807) is 11.3 Å². The van der Waals surface area contributed by atoms with Gasteiger partial charge in [0.1, 0.15) is 0 Å². The van der Waals surface area contributed by atoms with Gasteiger partial charge in [-0.05, 0) is 57.1 Å². The Kier molecular flexibility index (Phi) is 3.53. The quantitative estimate of drug-likeness (QED) is 0.619. The molecule has 0 atom stereocenters. The molecule has 76 valence electrons. The molecule has 0 saturated heterocycles. The summed E-state index contributed by atoms with van der Waals surface area (Å²) in [6.45, 7) is 0. The Labute approximate surface area is 106 Å². The topological polar surface area (TPSA) is 17.1 Å². The first kappa shape index (κ1) is 10.8. The normalized spacial score (nSPS) is 10.2. The summed E-state index contributed by atoms with van der Waals surface area (Å²) in [5.74, 6) is 0.185. The Hall–Kier alpha value is -0.680. The Morgan fingerprint density at radius 1 is 1.20 bits per heavy atom. The van der Waals surface area contributed by atoms with Crippen LogP contribution in [0.25, 0.3) is 0 Å². The Bertz CT molecular complexity index is 445. The van der Waals surface area contributed by atoms with Crippen molar-refractivity contribution in [2.24, 2.45) is 0 Å². The maximum atomic E-state index is 11.8. The van der Waals surface area contributed by atoms with Gasteiger partial charge in [0.15, 0.2) is 5.78 Å². The molecule has 0 spiro atoms. The van der Waals surface area contributed by atoms with Gasteiger partial charge in [-0.25, -0.2) is 0 Å². The molecule has 0 aliphatic rings. The molecule has 1 aromatic heterocycles. The number of benzene rings is 1. The van der Waals surface area contributed by atoms with E-state index < -0.39 is 0 Å². The maximum Gasteiger partial charge on any atom is 0.167 e. The zero-order valence-corrected chi connectivity index (χ0v) is 10.9. The molecule has 1 aromatic carbocycles. The van der Waals surface area contributed by atoms with E-state index in [0.717, 1.165) is 14.7 Å². The molecule has 1 nitrogen and oxygen atoms in total. The minimum absolute atomic E-state index is 0.185. The molecule has 0 unspecified atom stereocenters. The molecular formula is C12H9IOS. The lowest BCUT2D eigenvalue weighted by molar-refractivity contribution is 0.0993. The molecular weight excluding hydrogens is 319 g/mol. The van der Waals surface area contributed by atoms with Gasteiger partial charge in [0.2, 0.25) is 0 Å². The fourth-order valence-electron chi connectivity index (χ4n) is 1.32. The van der Waals surface area contributed by atoms with Gasteiger partial charge in [0, 0.05) is 15.6 Å². The zero-order valence-electron chi connectivity index (χ0n) is 7.94. The van der Waals surface area contributed by atoms with E-state index in [2.05, 4.69) is 22.6 Å². The van der Waals surface area contributed by atoms with Crippen LogP contribution in [-0.2, 0) is 6.42 Å². The molecule has 0 bridgehead atoms. The van der Waals surface area contributed by atoms with E-state index in [1.807, 2.05) is 41.1 Å². The summed E-state index contributed by atoms with van der Waals surface area (Å²) >= 11 is 3.86. The van der Waals surface area contributed by atoms with Crippen molar-refractivity contribution in [3.05, 3.63) is 55.8 Å². The number of Topliss-reactive ketones (excluding diaryl/α,β-unsaturated/α-hetero) is 1. The number of thiophene rings is 1. The summed E-state index contributed by atoms with van der Waals surface area (Å²) in [4.78, 5) is 11.8. The lowest BCUT2D eigenvalue weighted by atomic mass is 10.1. The smallest absolute Gasteiger partial charge is 0.167 e. The van der Waals surface area contributed by atoms with Gasteiger partial charge in [0.25, 0.3) is 0 Å². The maximum absolute atomic E-state index is 11.8.